The fraction of sp³-hybridized carbons (Fsp3) is 0.278. The summed E-state index contributed by atoms with van der Waals surface area (Å²) in [5, 5.41) is 3.44. The number of nitrogens with one attached hydrogen (secondary N) is 1. The van der Waals surface area contributed by atoms with Gasteiger partial charge in [0.1, 0.15) is 12.6 Å². The minimum Gasteiger partial charge on any atom is -0.350 e. The third-order valence-electron chi connectivity index (χ3n) is 7.49. The van der Waals surface area contributed by atoms with Gasteiger partial charge in [-0.1, -0.05) is 76.1 Å². The van der Waals surface area contributed by atoms with E-state index in [4.69, 9.17) is 11.6 Å². The van der Waals surface area contributed by atoms with E-state index in [-0.39, 0.29) is 23.8 Å². The Morgan fingerprint density at radius 1 is 0.848 bits per heavy atom. The minimum atomic E-state index is -4.22. The van der Waals surface area contributed by atoms with Crippen LogP contribution < -0.4 is 9.62 Å². The molecule has 0 aliphatic carbocycles. The number of rotatable bonds is 11. The first kappa shape index (κ1) is 35.2. The van der Waals surface area contributed by atoms with E-state index in [9.17, 15) is 18.0 Å². The summed E-state index contributed by atoms with van der Waals surface area (Å²) in [5.74, 6) is -0.858. The zero-order chi connectivity index (χ0) is 33.6. The van der Waals surface area contributed by atoms with Crippen molar-refractivity contribution in [1.29, 1.82) is 0 Å². The second-order valence-electron chi connectivity index (χ2n) is 12.3. The molecule has 1 unspecified atom stereocenters. The molecule has 4 aromatic rings. The fourth-order valence-electron chi connectivity index (χ4n) is 4.94. The van der Waals surface area contributed by atoms with Gasteiger partial charge in [0.15, 0.2) is 0 Å². The Morgan fingerprint density at radius 2 is 1.48 bits per heavy atom. The molecule has 4 rings (SSSR count). The van der Waals surface area contributed by atoms with Gasteiger partial charge in [0.2, 0.25) is 11.8 Å². The summed E-state index contributed by atoms with van der Waals surface area (Å²) in [5.41, 5.74) is 3.29. The van der Waals surface area contributed by atoms with E-state index in [2.05, 4.69) is 21.2 Å². The Balaban J connectivity index is 1.83. The SMILES string of the molecule is Cc1ccc(N(CC(=O)N(Cc2ccc(Br)cc2)C(Cc2ccccc2)C(=O)NC(C)(C)C)S(=O)(=O)c2ccc(Cl)cc2)cc1C. The third kappa shape index (κ3) is 9.21. The van der Waals surface area contributed by atoms with Crippen LogP contribution in [-0.2, 0) is 32.6 Å². The van der Waals surface area contributed by atoms with E-state index in [0.29, 0.717) is 10.7 Å². The van der Waals surface area contributed by atoms with E-state index < -0.39 is 34.1 Å². The lowest BCUT2D eigenvalue weighted by Gasteiger charge is -2.35. The van der Waals surface area contributed by atoms with Crippen molar-refractivity contribution in [2.45, 2.75) is 64.1 Å². The number of hydrogen-bond donors (Lipinski definition) is 1. The summed E-state index contributed by atoms with van der Waals surface area (Å²) in [6, 6.07) is 27.1. The number of nitrogens with zero attached hydrogens (tertiary/aromatic N) is 2. The monoisotopic (exact) mass is 723 g/mol. The van der Waals surface area contributed by atoms with Gasteiger partial charge in [-0.25, -0.2) is 8.42 Å². The lowest BCUT2D eigenvalue weighted by Crippen LogP contribution is -2.56. The number of aryl methyl sites for hydroxylation is 2. The van der Waals surface area contributed by atoms with Crippen LogP contribution in [0.1, 0.15) is 43.0 Å². The van der Waals surface area contributed by atoms with Gasteiger partial charge in [-0.3, -0.25) is 13.9 Å². The number of amides is 2. The van der Waals surface area contributed by atoms with Crippen molar-refractivity contribution in [2.75, 3.05) is 10.8 Å². The van der Waals surface area contributed by atoms with E-state index >= 15 is 0 Å². The normalized spacial score (nSPS) is 12.3. The van der Waals surface area contributed by atoms with Gasteiger partial charge in [-0.2, -0.15) is 0 Å². The van der Waals surface area contributed by atoms with Crippen LogP contribution in [0.5, 0.6) is 0 Å². The van der Waals surface area contributed by atoms with Crippen molar-refractivity contribution in [3.8, 4) is 0 Å². The highest BCUT2D eigenvalue weighted by Crippen LogP contribution is 2.28. The highest BCUT2D eigenvalue weighted by molar-refractivity contribution is 9.10. The Hall–Kier alpha value is -3.66. The molecule has 0 saturated carbocycles. The van der Waals surface area contributed by atoms with Crippen molar-refractivity contribution < 1.29 is 18.0 Å². The summed E-state index contributed by atoms with van der Waals surface area (Å²) >= 11 is 9.54. The molecule has 4 aromatic carbocycles. The molecule has 7 nitrogen and oxygen atoms in total. The number of halogens is 2. The molecule has 10 heteroatoms. The number of hydrogen-bond acceptors (Lipinski definition) is 4. The Bertz CT molecular complexity index is 1780. The molecule has 46 heavy (non-hydrogen) atoms. The van der Waals surface area contributed by atoms with E-state index in [1.54, 1.807) is 12.1 Å². The number of sulfonamides is 1. The molecule has 0 aromatic heterocycles. The van der Waals surface area contributed by atoms with Crippen LogP contribution >= 0.6 is 27.5 Å². The van der Waals surface area contributed by atoms with Gasteiger partial charge < -0.3 is 10.2 Å². The quantitative estimate of drug-likeness (QED) is 0.174. The second-order valence-corrected chi connectivity index (χ2v) is 15.5. The molecule has 0 saturated heterocycles. The Kier molecular flexibility index (Phi) is 11.4. The molecule has 1 atom stereocenters. The molecular weight excluding hydrogens is 686 g/mol. The predicted octanol–water partition coefficient (Wildman–Crippen LogP) is 7.47. The molecule has 0 spiro atoms. The first-order chi connectivity index (χ1) is 21.6. The summed E-state index contributed by atoms with van der Waals surface area (Å²) in [6.07, 6.45) is 0.235. The zero-order valence-corrected chi connectivity index (χ0v) is 29.8. The van der Waals surface area contributed by atoms with Crippen molar-refractivity contribution in [1.82, 2.24) is 10.2 Å². The summed E-state index contributed by atoms with van der Waals surface area (Å²) < 4.78 is 30.4. The van der Waals surface area contributed by atoms with Gasteiger partial charge >= 0.3 is 0 Å². The largest absolute Gasteiger partial charge is 0.350 e. The molecule has 1 N–H and O–H groups in total. The van der Waals surface area contributed by atoms with Crippen molar-refractivity contribution >= 4 is 55.1 Å². The highest BCUT2D eigenvalue weighted by atomic mass is 79.9. The van der Waals surface area contributed by atoms with Crippen LogP contribution in [0.3, 0.4) is 0 Å². The minimum absolute atomic E-state index is 0.00583. The average Bonchev–Trinajstić information content (AvgIpc) is 2.99. The first-order valence-electron chi connectivity index (χ1n) is 14.9. The maximum Gasteiger partial charge on any atom is 0.264 e. The average molecular weight is 725 g/mol. The second kappa shape index (κ2) is 14.8. The van der Waals surface area contributed by atoms with Crippen LogP contribution in [0.15, 0.2) is 106 Å². The molecular formula is C36H39BrClN3O4S. The smallest absolute Gasteiger partial charge is 0.264 e. The molecule has 2 amide bonds. The molecule has 0 fully saturated rings. The van der Waals surface area contributed by atoms with Gasteiger partial charge in [-0.05, 0) is 105 Å². The molecule has 0 bridgehead atoms. The molecule has 0 heterocycles. The van der Waals surface area contributed by atoms with Crippen LogP contribution in [0.25, 0.3) is 0 Å². The topological polar surface area (TPSA) is 86.8 Å². The van der Waals surface area contributed by atoms with Gasteiger partial charge in [-0.15, -0.1) is 0 Å². The molecule has 0 radical (unpaired) electrons. The van der Waals surface area contributed by atoms with Crippen molar-refractivity contribution in [3.05, 3.63) is 129 Å². The maximum atomic E-state index is 14.6. The standard InChI is InChI=1S/C36H39BrClN3O4S/c1-25-11-18-31(21-26(25)2)41(46(44,45)32-19-16-30(38)17-20-32)24-34(42)40(23-28-12-14-29(37)15-13-28)33(35(43)39-36(3,4)5)22-27-9-7-6-8-10-27/h6-21,33H,22-24H2,1-5H3,(H,39,43). The lowest BCUT2D eigenvalue weighted by atomic mass is 10.0. The molecule has 0 aliphatic heterocycles. The van der Waals surface area contributed by atoms with Crippen LogP contribution in [0, 0.1) is 13.8 Å². The molecule has 242 valence electrons. The van der Waals surface area contributed by atoms with E-state index in [1.165, 1.54) is 29.2 Å². The number of anilines is 1. The predicted molar refractivity (Wildman–Crippen MR) is 188 cm³/mol. The Morgan fingerprint density at radius 3 is 2.07 bits per heavy atom. The number of benzene rings is 4. The highest BCUT2D eigenvalue weighted by Gasteiger charge is 2.35. The van der Waals surface area contributed by atoms with Crippen molar-refractivity contribution in [2.24, 2.45) is 0 Å². The van der Waals surface area contributed by atoms with Crippen LogP contribution in [-0.4, -0.2) is 43.3 Å². The zero-order valence-electron chi connectivity index (χ0n) is 26.6. The van der Waals surface area contributed by atoms with Gasteiger partial charge in [0, 0.05) is 28.0 Å². The summed E-state index contributed by atoms with van der Waals surface area (Å²) in [6.45, 7) is 9.02. The number of carbonyl (C=O) groups is 2. The van der Waals surface area contributed by atoms with Gasteiger partial charge in [0.05, 0.1) is 10.6 Å². The number of carbonyl (C=O) groups excluding carboxylic acids is 2. The summed E-state index contributed by atoms with van der Waals surface area (Å²) in [4.78, 5) is 30.1. The lowest BCUT2D eigenvalue weighted by molar-refractivity contribution is -0.140. The third-order valence-corrected chi connectivity index (χ3v) is 10.1. The van der Waals surface area contributed by atoms with E-state index in [0.717, 1.165) is 31.0 Å². The van der Waals surface area contributed by atoms with Crippen LogP contribution in [0.4, 0.5) is 5.69 Å². The maximum absolute atomic E-state index is 14.6. The van der Waals surface area contributed by atoms with Gasteiger partial charge in [0.25, 0.3) is 10.0 Å². The fourth-order valence-corrected chi connectivity index (χ4v) is 6.73. The van der Waals surface area contributed by atoms with Crippen LogP contribution in [0.2, 0.25) is 5.02 Å². The molecule has 0 aliphatic rings. The van der Waals surface area contributed by atoms with Crippen molar-refractivity contribution in [3.63, 3.8) is 0 Å². The summed E-state index contributed by atoms with van der Waals surface area (Å²) in [7, 11) is -4.22. The first-order valence-corrected chi connectivity index (χ1v) is 17.5. The van der Waals surface area contributed by atoms with E-state index in [1.807, 2.05) is 95.3 Å². The Labute approximate surface area is 285 Å².